The Bertz CT molecular complexity index is 1130. The molecule has 2 aromatic heterocycles. The molecule has 0 saturated carbocycles. The molecule has 0 saturated heterocycles. The summed E-state index contributed by atoms with van der Waals surface area (Å²) in [5.74, 6) is -1.22. The summed E-state index contributed by atoms with van der Waals surface area (Å²) in [6.45, 7) is 10.5. The number of allylic oxidation sites excluding steroid dienone is 2. The summed E-state index contributed by atoms with van der Waals surface area (Å²) in [7, 11) is 0. The van der Waals surface area contributed by atoms with E-state index in [1.807, 2.05) is 46.8 Å². The van der Waals surface area contributed by atoms with Crippen LogP contribution in [-0.4, -0.2) is 22.4 Å². The minimum Gasteiger partial charge on any atom is -0.354 e. The normalized spacial score (nSPS) is 10.7. The predicted molar refractivity (Wildman–Crippen MR) is 134 cm³/mol. The average Bonchev–Trinajstić information content (AvgIpc) is 2.84. The summed E-state index contributed by atoms with van der Waals surface area (Å²) in [6.07, 6.45) is 9.54. The number of halogens is 2. The van der Waals surface area contributed by atoms with E-state index in [2.05, 4.69) is 20.6 Å². The van der Waals surface area contributed by atoms with E-state index in [-0.39, 0.29) is 17.4 Å². The lowest BCUT2D eigenvalue weighted by molar-refractivity contribution is 0.0954. The van der Waals surface area contributed by atoms with Gasteiger partial charge >= 0.3 is 0 Å². The Morgan fingerprint density at radius 1 is 1.06 bits per heavy atom. The number of aromatic nitrogens is 2. The molecule has 7 heteroatoms. The van der Waals surface area contributed by atoms with Crippen LogP contribution in [0.25, 0.3) is 11.3 Å². The number of hydrogen-bond donors (Lipinski definition) is 2. The van der Waals surface area contributed by atoms with Crippen LogP contribution >= 0.6 is 0 Å². The molecule has 0 aliphatic rings. The van der Waals surface area contributed by atoms with E-state index < -0.39 is 11.6 Å². The van der Waals surface area contributed by atoms with Crippen LogP contribution < -0.4 is 10.6 Å². The van der Waals surface area contributed by atoms with E-state index >= 15 is 0 Å². The number of amides is 1. The molecular weight excluding hydrogens is 434 g/mol. The van der Waals surface area contributed by atoms with Gasteiger partial charge in [0.25, 0.3) is 5.91 Å². The summed E-state index contributed by atoms with van der Waals surface area (Å²) in [4.78, 5) is 20.9. The van der Waals surface area contributed by atoms with Crippen LogP contribution in [0.4, 0.5) is 20.2 Å². The molecule has 0 bridgehead atoms. The summed E-state index contributed by atoms with van der Waals surface area (Å²) in [6, 6.07) is 6.63. The van der Waals surface area contributed by atoms with Crippen LogP contribution in [0.2, 0.25) is 0 Å². The third-order valence-corrected chi connectivity index (χ3v) is 4.97. The maximum atomic E-state index is 14.3. The smallest absolute Gasteiger partial charge is 0.254 e. The number of carbonyl (C=O) groups excluding carboxylic acids is 1. The lowest BCUT2D eigenvalue weighted by Gasteiger charge is -2.18. The van der Waals surface area contributed by atoms with Crippen molar-refractivity contribution >= 4 is 17.3 Å². The Morgan fingerprint density at radius 2 is 1.79 bits per heavy atom. The first-order chi connectivity index (χ1) is 16.3. The van der Waals surface area contributed by atoms with Crippen molar-refractivity contribution in [2.75, 3.05) is 11.9 Å². The molecule has 0 fully saturated rings. The summed E-state index contributed by atoms with van der Waals surface area (Å²) in [5, 5.41) is 6.11. The van der Waals surface area contributed by atoms with Gasteiger partial charge in [0.1, 0.15) is 11.6 Å². The van der Waals surface area contributed by atoms with Crippen LogP contribution in [-0.2, 0) is 0 Å². The highest BCUT2D eigenvalue weighted by Crippen LogP contribution is 2.32. The maximum Gasteiger partial charge on any atom is 0.254 e. The van der Waals surface area contributed by atoms with Crippen LogP contribution in [0.5, 0.6) is 0 Å². The second-order valence-corrected chi connectivity index (χ2v) is 7.90. The molecule has 1 aromatic carbocycles. The molecule has 0 spiro atoms. The second kappa shape index (κ2) is 13.2. The molecule has 3 aromatic rings. The molecule has 0 atom stereocenters. The van der Waals surface area contributed by atoms with Gasteiger partial charge < -0.3 is 10.6 Å². The molecule has 0 aliphatic heterocycles. The van der Waals surface area contributed by atoms with E-state index in [0.717, 1.165) is 30.2 Å². The third-order valence-electron chi connectivity index (χ3n) is 4.97. The molecule has 0 radical (unpaired) electrons. The van der Waals surface area contributed by atoms with E-state index in [9.17, 15) is 13.6 Å². The fourth-order valence-corrected chi connectivity index (χ4v) is 3.04. The van der Waals surface area contributed by atoms with Crippen molar-refractivity contribution in [2.24, 2.45) is 0 Å². The number of anilines is 2. The van der Waals surface area contributed by atoms with Crippen molar-refractivity contribution in [3.05, 3.63) is 83.8 Å². The minimum atomic E-state index is -0.560. The molecule has 180 valence electrons. The fourth-order valence-electron chi connectivity index (χ4n) is 3.04. The number of nitrogens with one attached hydrogen (secondary N) is 2. The number of rotatable bonds is 7. The van der Waals surface area contributed by atoms with E-state index in [1.165, 1.54) is 6.20 Å². The summed E-state index contributed by atoms with van der Waals surface area (Å²) < 4.78 is 27.9. The molecule has 5 nitrogen and oxygen atoms in total. The van der Waals surface area contributed by atoms with E-state index in [0.29, 0.717) is 29.2 Å². The van der Waals surface area contributed by atoms with Crippen LogP contribution in [0, 0.1) is 11.6 Å². The molecule has 1 amide bonds. The summed E-state index contributed by atoms with van der Waals surface area (Å²) >= 11 is 0. The van der Waals surface area contributed by atoms with Crippen molar-refractivity contribution in [1.29, 1.82) is 0 Å². The number of carbonyl (C=O) groups is 1. The van der Waals surface area contributed by atoms with Crippen molar-refractivity contribution in [1.82, 2.24) is 15.3 Å². The second-order valence-electron chi connectivity index (χ2n) is 7.90. The van der Waals surface area contributed by atoms with Gasteiger partial charge in [-0.1, -0.05) is 32.9 Å². The topological polar surface area (TPSA) is 66.9 Å². The molecule has 34 heavy (non-hydrogen) atoms. The Balaban J connectivity index is 0.000000945. The van der Waals surface area contributed by atoms with Gasteiger partial charge in [0.2, 0.25) is 0 Å². The third kappa shape index (κ3) is 7.20. The van der Waals surface area contributed by atoms with E-state index in [4.69, 9.17) is 0 Å². The van der Waals surface area contributed by atoms with Crippen molar-refractivity contribution in [3.63, 3.8) is 0 Å². The van der Waals surface area contributed by atoms with Crippen LogP contribution in [0.1, 0.15) is 62.9 Å². The first-order valence-corrected chi connectivity index (χ1v) is 11.3. The highest BCUT2D eigenvalue weighted by Gasteiger charge is 2.16. The maximum absolute atomic E-state index is 14.3. The Labute approximate surface area is 200 Å². The van der Waals surface area contributed by atoms with Gasteiger partial charge in [-0.25, -0.2) is 8.78 Å². The zero-order chi connectivity index (χ0) is 25.1. The molecular formula is C27H32F2N4O. The van der Waals surface area contributed by atoms with Crippen molar-refractivity contribution in [3.8, 4) is 11.3 Å². The number of hydrogen-bond acceptors (Lipinski definition) is 4. The van der Waals surface area contributed by atoms with Gasteiger partial charge in [-0.15, -0.1) is 0 Å². The Hall–Kier alpha value is -3.61. The average molecular weight is 467 g/mol. The Kier molecular flexibility index (Phi) is 10.3. The highest BCUT2D eigenvalue weighted by atomic mass is 19.1. The number of nitrogens with zero attached hydrogens (tertiary/aromatic N) is 2. The first-order valence-electron chi connectivity index (χ1n) is 11.3. The first kappa shape index (κ1) is 26.6. The van der Waals surface area contributed by atoms with Gasteiger partial charge in [-0.2, -0.15) is 0 Å². The largest absolute Gasteiger partial charge is 0.354 e. The predicted octanol–water partition coefficient (Wildman–Crippen LogP) is 7.01. The highest BCUT2D eigenvalue weighted by molar-refractivity contribution is 6.00. The van der Waals surface area contributed by atoms with Crippen molar-refractivity contribution < 1.29 is 13.6 Å². The number of pyridine rings is 2. The zero-order valence-electron chi connectivity index (χ0n) is 20.3. The van der Waals surface area contributed by atoms with Crippen LogP contribution in [0.3, 0.4) is 0 Å². The summed E-state index contributed by atoms with van der Waals surface area (Å²) in [5.41, 5.74) is 2.88. The fraction of sp³-hybridized carbons (Fsp3) is 0.296. The standard InChI is InChI=1S/C23H24F2N4O.C4H8/c1-4-8-27-23(30)18-12-26-9-7-20(18)29-22-11-21(28-13-17(22)14(2)3)16-10-15(24)5-6-19(16)25;1-3-4-2/h5-7,9-14H,4,8H2,1-3H3,(H,27,30)(H,26,28,29);3-4H,1-2H3. The van der Waals surface area contributed by atoms with Gasteiger partial charge in [0, 0.05) is 36.4 Å². The van der Waals surface area contributed by atoms with Gasteiger partial charge in [-0.3, -0.25) is 14.8 Å². The van der Waals surface area contributed by atoms with Crippen molar-refractivity contribution in [2.45, 2.75) is 47.0 Å². The van der Waals surface area contributed by atoms with Crippen LogP contribution in [0.15, 0.2) is 61.1 Å². The SMILES string of the molecule is CC=CC.CCCNC(=O)c1cnccc1Nc1cc(-c2cc(F)ccc2F)ncc1C(C)C. The van der Waals surface area contributed by atoms with Gasteiger partial charge in [0.05, 0.1) is 16.9 Å². The lowest BCUT2D eigenvalue weighted by atomic mass is 10.0. The molecule has 2 N–H and O–H groups in total. The molecule has 0 unspecified atom stereocenters. The molecule has 0 aliphatic carbocycles. The zero-order valence-corrected chi connectivity index (χ0v) is 20.3. The lowest BCUT2D eigenvalue weighted by Crippen LogP contribution is -2.25. The Morgan fingerprint density at radius 3 is 2.44 bits per heavy atom. The van der Waals surface area contributed by atoms with Gasteiger partial charge in [0.15, 0.2) is 0 Å². The molecule has 3 rings (SSSR count). The van der Waals surface area contributed by atoms with Gasteiger partial charge in [-0.05, 0) is 62.1 Å². The number of benzene rings is 1. The molecule has 2 heterocycles. The van der Waals surface area contributed by atoms with E-state index in [1.54, 1.807) is 24.5 Å². The quantitative estimate of drug-likeness (QED) is 0.368. The minimum absolute atomic E-state index is 0.0731. The monoisotopic (exact) mass is 466 g/mol.